The number of carbonyl (C=O) groups excluding carboxylic acids is 2. The summed E-state index contributed by atoms with van der Waals surface area (Å²) in [5, 5.41) is 6.47. The molecule has 0 radical (unpaired) electrons. The number of imide groups is 1. The van der Waals surface area contributed by atoms with E-state index in [4.69, 9.17) is 0 Å². The number of allylic oxidation sites excluding steroid dienone is 2. The molecule has 2 N–H and O–H groups in total. The van der Waals surface area contributed by atoms with Crippen LogP contribution >= 0.6 is 24.0 Å². The van der Waals surface area contributed by atoms with Crippen molar-refractivity contribution in [1.29, 1.82) is 0 Å². The van der Waals surface area contributed by atoms with Gasteiger partial charge in [0.2, 0.25) is 11.8 Å². The normalized spacial score (nSPS) is 26.8. The summed E-state index contributed by atoms with van der Waals surface area (Å²) in [7, 11) is 1.68. The number of benzene rings is 1. The van der Waals surface area contributed by atoms with Crippen LogP contribution in [0.2, 0.25) is 0 Å². The number of fused-ring (bicyclic) bond motifs is 5. The second-order valence-electron chi connectivity index (χ2n) is 9.07. The maximum atomic E-state index is 13.2. The minimum atomic E-state index is -0.251. The van der Waals surface area contributed by atoms with Gasteiger partial charge in [-0.05, 0) is 36.0 Å². The maximum absolute atomic E-state index is 13.2. The SMILES string of the molecule is CN=C(NCCN1C(=O)C2C3C=CC(C3)C2C1=O)NCC(C)(C)c1ccc(F)cc1.I. The van der Waals surface area contributed by atoms with Crippen LogP contribution in [0.3, 0.4) is 0 Å². The second kappa shape index (κ2) is 9.26. The Kier molecular flexibility index (Phi) is 7.08. The number of carbonyl (C=O) groups is 2. The molecule has 1 saturated heterocycles. The standard InChI is InChI=1S/C23H29FN4O2.HI/c1-23(2,16-6-8-17(24)9-7-16)13-27-22(25-3)26-10-11-28-20(29)18-14-4-5-15(12-14)19(18)21(28)30;/h4-9,14-15,18-19H,10-13H2,1-3H3,(H2,25,26,27);1H. The summed E-state index contributed by atoms with van der Waals surface area (Å²) in [5.41, 5.74) is 0.797. The molecular weight excluding hydrogens is 510 g/mol. The maximum Gasteiger partial charge on any atom is 0.233 e. The van der Waals surface area contributed by atoms with Crippen molar-refractivity contribution in [1.82, 2.24) is 15.5 Å². The third kappa shape index (κ3) is 4.49. The number of guanidine groups is 1. The predicted molar refractivity (Wildman–Crippen MR) is 129 cm³/mol. The van der Waals surface area contributed by atoms with Crippen molar-refractivity contribution in [2.45, 2.75) is 25.7 Å². The Morgan fingerprint density at radius 1 is 1.10 bits per heavy atom. The van der Waals surface area contributed by atoms with Crippen LogP contribution < -0.4 is 10.6 Å². The van der Waals surface area contributed by atoms with Crippen LogP contribution in [0.5, 0.6) is 0 Å². The van der Waals surface area contributed by atoms with Crippen LogP contribution in [-0.4, -0.2) is 49.4 Å². The molecule has 168 valence electrons. The molecule has 1 saturated carbocycles. The van der Waals surface area contributed by atoms with E-state index >= 15 is 0 Å². The average Bonchev–Trinajstić information content (AvgIpc) is 3.40. The van der Waals surface area contributed by atoms with Crippen molar-refractivity contribution in [3.05, 3.63) is 47.8 Å². The van der Waals surface area contributed by atoms with Crippen LogP contribution in [0.4, 0.5) is 4.39 Å². The van der Waals surface area contributed by atoms with Gasteiger partial charge in [0.25, 0.3) is 0 Å². The number of hydrogen-bond donors (Lipinski definition) is 2. The van der Waals surface area contributed by atoms with Gasteiger partial charge in [0.15, 0.2) is 5.96 Å². The number of hydrogen-bond acceptors (Lipinski definition) is 3. The first-order valence-corrected chi connectivity index (χ1v) is 10.6. The molecule has 4 rings (SSSR count). The summed E-state index contributed by atoms with van der Waals surface area (Å²) >= 11 is 0. The Bertz CT molecular complexity index is 869. The molecule has 1 heterocycles. The van der Waals surface area contributed by atoms with E-state index in [1.54, 1.807) is 19.2 Å². The van der Waals surface area contributed by atoms with Crippen molar-refractivity contribution in [3.8, 4) is 0 Å². The number of nitrogens with zero attached hydrogens (tertiary/aromatic N) is 2. The van der Waals surface area contributed by atoms with Crippen LogP contribution in [-0.2, 0) is 15.0 Å². The van der Waals surface area contributed by atoms with E-state index in [0.717, 1.165) is 12.0 Å². The predicted octanol–water partition coefficient (Wildman–Crippen LogP) is 2.69. The van der Waals surface area contributed by atoms with Gasteiger partial charge in [0.05, 0.1) is 11.8 Å². The van der Waals surface area contributed by atoms with E-state index in [1.807, 2.05) is 0 Å². The highest BCUT2D eigenvalue weighted by molar-refractivity contribution is 14.0. The summed E-state index contributed by atoms with van der Waals surface area (Å²) in [6.45, 7) is 5.52. The Hall–Kier alpha value is -1.97. The molecule has 1 aromatic rings. The first-order chi connectivity index (χ1) is 14.3. The van der Waals surface area contributed by atoms with Gasteiger partial charge in [-0.15, -0.1) is 24.0 Å². The molecule has 2 amide bonds. The van der Waals surface area contributed by atoms with Crippen LogP contribution in [0, 0.1) is 29.5 Å². The van der Waals surface area contributed by atoms with Crippen molar-refractivity contribution in [3.63, 3.8) is 0 Å². The largest absolute Gasteiger partial charge is 0.356 e. The molecule has 3 aliphatic rings. The van der Waals surface area contributed by atoms with Gasteiger partial charge in [-0.3, -0.25) is 19.5 Å². The molecule has 31 heavy (non-hydrogen) atoms. The molecule has 1 aliphatic heterocycles. The van der Waals surface area contributed by atoms with E-state index in [0.29, 0.717) is 25.6 Å². The van der Waals surface area contributed by atoms with E-state index < -0.39 is 0 Å². The van der Waals surface area contributed by atoms with E-state index in [9.17, 15) is 14.0 Å². The molecule has 1 aromatic carbocycles. The Morgan fingerprint density at radius 2 is 1.68 bits per heavy atom. The minimum absolute atomic E-state index is 0. The molecule has 8 heteroatoms. The lowest BCUT2D eigenvalue weighted by Crippen LogP contribution is -2.46. The quantitative estimate of drug-likeness (QED) is 0.192. The Labute approximate surface area is 199 Å². The fourth-order valence-corrected chi connectivity index (χ4v) is 5.00. The first-order valence-electron chi connectivity index (χ1n) is 10.6. The smallest absolute Gasteiger partial charge is 0.233 e. The van der Waals surface area contributed by atoms with E-state index in [-0.39, 0.29) is 70.7 Å². The first kappa shape index (κ1) is 23.7. The molecule has 4 atom stereocenters. The molecule has 0 aromatic heterocycles. The highest BCUT2D eigenvalue weighted by Gasteiger charge is 2.58. The third-order valence-corrected chi connectivity index (χ3v) is 6.74. The number of amides is 2. The lowest BCUT2D eigenvalue weighted by atomic mass is 9.84. The summed E-state index contributed by atoms with van der Waals surface area (Å²) < 4.78 is 13.2. The highest BCUT2D eigenvalue weighted by atomic mass is 127. The average molecular weight is 540 g/mol. The third-order valence-electron chi connectivity index (χ3n) is 6.74. The summed E-state index contributed by atoms with van der Waals surface area (Å²) in [6.07, 6.45) is 5.15. The van der Waals surface area contributed by atoms with Crippen molar-refractivity contribution in [2.24, 2.45) is 28.7 Å². The molecule has 2 aliphatic carbocycles. The van der Waals surface area contributed by atoms with Gasteiger partial charge in [-0.2, -0.15) is 0 Å². The van der Waals surface area contributed by atoms with Gasteiger partial charge < -0.3 is 10.6 Å². The Balaban J connectivity index is 0.00000272. The van der Waals surface area contributed by atoms with E-state index in [1.165, 1.54) is 17.0 Å². The van der Waals surface area contributed by atoms with Gasteiger partial charge >= 0.3 is 0 Å². The number of rotatable bonds is 6. The molecule has 6 nitrogen and oxygen atoms in total. The van der Waals surface area contributed by atoms with E-state index in [2.05, 4.69) is 41.6 Å². The second-order valence-corrected chi connectivity index (χ2v) is 9.07. The summed E-state index contributed by atoms with van der Waals surface area (Å²) in [5.74, 6) is 0.469. The van der Waals surface area contributed by atoms with Crippen molar-refractivity contribution in [2.75, 3.05) is 26.7 Å². The Morgan fingerprint density at radius 3 is 2.23 bits per heavy atom. The minimum Gasteiger partial charge on any atom is -0.356 e. The molecule has 0 spiro atoms. The van der Waals surface area contributed by atoms with Crippen molar-refractivity contribution < 1.29 is 14.0 Å². The molecule has 2 bridgehead atoms. The monoisotopic (exact) mass is 540 g/mol. The zero-order valence-corrected chi connectivity index (χ0v) is 20.4. The van der Waals surface area contributed by atoms with Crippen LogP contribution in [0.1, 0.15) is 25.8 Å². The summed E-state index contributed by atoms with van der Waals surface area (Å²) in [4.78, 5) is 31.1. The van der Waals surface area contributed by atoms with Gasteiger partial charge in [0.1, 0.15) is 5.82 Å². The number of halogens is 2. The fourth-order valence-electron chi connectivity index (χ4n) is 5.00. The molecule has 2 fully saturated rings. The molecule has 4 unspecified atom stereocenters. The molecular formula is C23H30FIN4O2. The van der Waals surface area contributed by atoms with Crippen LogP contribution in [0.25, 0.3) is 0 Å². The lowest BCUT2D eigenvalue weighted by molar-refractivity contribution is -0.140. The number of likely N-dealkylation sites (tertiary alicyclic amines) is 1. The fraction of sp³-hybridized carbons (Fsp3) is 0.522. The zero-order chi connectivity index (χ0) is 21.5. The summed E-state index contributed by atoms with van der Waals surface area (Å²) in [6, 6.07) is 6.50. The topological polar surface area (TPSA) is 73.8 Å². The number of aliphatic imine (C=N–C) groups is 1. The zero-order valence-electron chi connectivity index (χ0n) is 18.1. The van der Waals surface area contributed by atoms with Crippen molar-refractivity contribution >= 4 is 41.8 Å². The lowest BCUT2D eigenvalue weighted by Gasteiger charge is -2.27. The van der Waals surface area contributed by atoms with Gasteiger partial charge in [0, 0.05) is 32.1 Å². The van der Waals surface area contributed by atoms with Crippen LogP contribution in [0.15, 0.2) is 41.4 Å². The van der Waals surface area contributed by atoms with Gasteiger partial charge in [-0.25, -0.2) is 4.39 Å². The number of nitrogens with one attached hydrogen (secondary N) is 2. The highest BCUT2D eigenvalue weighted by Crippen LogP contribution is 2.52. The van der Waals surface area contributed by atoms with Gasteiger partial charge in [-0.1, -0.05) is 38.1 Å².